The van der Waals surface area contributed by atoms with Gasteiger partial charge in [-0.15, -0.1) is 0 Å². The van der Waals surface area contributed by atoms with Crippen LogP contribution in [0.4, 0.5) is 0 Å². The van der Waals surface area contributed by atoms with Gasteiger partial charge in [0.2, 0.25) is 0 Å². The fourth-order valence-corrected chi connectivity index (χ4v) is 3.33. The van der Waals surface area contributed by atoms with Crippen LogP contribution in [-0.2, 0) is 9.53 Å². The number of rotatable bonds is 3. The molecule has 72 valence electrons. The molecule has 4 aliphatic rings. The monoisotopic (exact) mass is 180 g/mol. The van der Waals surface area contributed by atoms with E-state index in [4.69, 9.17) is 4.74 Å². The maximum absolute atomic E-state index is 11.0. The van der Waals surface area contributed by atoms with Crippen LogP contribution in [0.1, 0.15) is 38.5 Å². The Morgan fingerprint density at radius 3 is 2.54 bits per heavy atom. The summed E-state index contributed by atoms with van der Waals surface area (Å²) in [6.07, 6.45) is 8.10. The Bertz CT molecular complexity index is 231. The van der Waals surface area contributed by atoms with Gasteiger partial charge in [0, 0.05) is 5.41 Å². The predicted octanol–water partition coefficient (Wildman–Crippen LogP) is 1.92. The summed E-state index contributed by atoms with van der Waals surface area (Å²) < 4.78 is 5.79. The molecule has 0 aromatic heterocycles. The molecule has 2 aliphatic heterocycles. The quantitative estimate of drug-likeness (QED) is 0.620. The summed E-state index contributed by atoms with van der Waals surface area (Å²) in [5, 5.41) is 0. The molecular weight excluding hydrogens is 164 g/mol. The fourth-order valence-electron chi connectivity index (χ4n) is 3.33. The second kappa shape index (κ2) is 2.35. The minimum Gasteiger partial charge on any atom is -0.375 e. The zero-order valence-corrected chi connectivity index (χ0v) is 7.92. The van der Waals surface area contributed by atoms with Crippen LogP contribution in [0, 0.1) is 11.3 Å². The molecule has 2 heterocycles. The van der Waals surface area contributed by atoms with Gasteiger partial charge in [0.05, 0.1) is 12.2 Å². The highest BCUT2D eigenvalue weighted by Gasteiger charge is 2.56. The van der Waals surface area contributed by atoms with Crippen molar-refractivity contribution in [1.82, 2.24) is 0 Å². The first-order valence-corrected chi connectivity index (χ1v) is 5.36. The zero-order valence-electron chi connectivity index (χ0n) is 7.92. The summed E-state index contributed by atoms with van der Waals surface area (Å²) >= 11 is 0. The van der Waals surface area contributed by atoms with Crippen LogP contribution < -0.4 is 0 Å². The van der Waals surface area contributed by atoms with E-state index in [1.807, 2.05) is 0 Å². The molecule has 0 radical (unpaired) electrons. The van der Waals surface area contributed by atoms with Gasteiger partial charge in [0.1, 0.15) is 6.29 Å². The SMILES string of the molecule is O=CC1(CC23CC(CO2)C3)CCC1. The fraction of sp³-hybridized carbons (Fsp3) is 0.909. The van der Waals surface area contributed by atoms with Crippen LogP contribution in [0.2, 0.25) is 0 Å². The molecule has 2 bridgehead atoms. The van der Waals surface area contributed by atoms with Crippen molar-refractivity contribution in [3.63, 3.8) is 0 Å². The van der Waals surface area contributed by atoms with E-state index in [-0.39, 0.29) is 11.0 Å². The van der Waals surface area contributed by atoms with Crippen LogP contribution in [0.5, 0.6) is 0 Å². The highest BCUT2D eigenvalue weighted by Crippen LogP contribution is 2.57. The minimum atomic E-state index is 0.0231. The molecule has 4 fully saturated rings. The molecule has 0 spiro atoms. The summed E-state index contributed by atoms with van der Waals surface area (Å²) in [5.41, 5.74) is 0.168. The number of carbonyl (C=O) groups excluding carboxylic acids is 1. The Kier molecular flexibility index (Phi) is 1.44. The van der Waals surface area contributed by atoms with Gasteiger partial charge in [-0.3, -0.25) is 0 Å². The number of aldehydes is 1. The standard InChI is InChI=1S/C11H16O2/c12-8-10(2-1-3-10)7-11-4-9(5-11)6-13-11/h8-9H,1-7H2. The van der Waals surface area contributed by atoms with Crippen LogP contribution in [0.25, 0.3) is 0 Å². The van der Waals surface area contributed by atoms with E-state index in [1.54, 1.807) is 0 Å². The smallest absolute Gasteiger partial charge is 0.126 e. The highest BCUT2D eigenvalue weighted by atomic mass is 16.5. The topological polar surface area (TPSA) is 26.3 Å². The normalized spacial score (nSPS) is 45.1. The maximum Gasteiger partial charge on any atom is 0.126 e. The second-order valence-corrected chi connectivity index (χ2v) is 5.28. The van der Waals surface area contributed by atoms with Crippen molar-refractivity contribution in [2.45, 2.75) is 44.1 Å². The average Bonchev–Trinajstić information content (AvgIpc) is 2.54. The molecule has 0 amide bonds. The number of fused-ring (bicyclic) bond motifs is 1. The number of ether oxygens (including phenoxy) is 1. The third-order valence-corrected chi connectivity index (χ3v) is 4.22. The molecule has 13 heavy (non-hydrogen) atoms. The average molecular weight is 180 g/mol. The van der Waals surface area contributed by atoms with Crippen LogP contribution in [0.3, 0.4) is 0 Å². The van der Waals surface area contributed by atoms with E-state index >= 15 is 0 Å². The van der Waals surface area contributed by atoms with Crippen LogP contribution in [0.15, 0.2) is 0 Å². The third-order valence-electron chi connectivity index (χ3n) is 4.22. The van der Waals surface area contributed by atoms with E-state index < -0.39 is 0 Å². The highest BCUT2D eigenvalue weighted by molar-refractivity contribution is 5.61. The van der Waals surface area contributed by atoms with Gasteiger partial charge in [-0.05, 0) is 38.0 Å². The molecular formula is C11H16O2. The lowest BCUT2D eigenvalue weighted by molar-refractivity contribution is -0.128. The van der Waals surface area contributed by atoms with Crippen LogP contribution in [-0.4, -0.2) is 18.5 Å². The van der Waals surface area contributed by atoms with Gasteiger partial charge in [-0.1, -0.05) is 6.42 Å². The Hall–Kier alpha value is -0.370. The van der Waals surface area contributed by atoms with Crippen molar-refractivity contribution in [2.24, 2.45) is 11.3 Å². The summed E-state index contributed by atoms with van der Waals surface area (Å²) in [4.78, 5) is 11.0. The molecule has 2 saturated heterocycles. The molecule has 0 N–H and O–H groups in total. The van der Waals surface area contributed by atoms with Gasteiger partial charge in [-0.25, -0.2) is 0 Å². The van der Waals surface area contributed by atoms with Gasteiger partial charge in [0.15, 0.2) is 0 Å². The molecule has 4 rings (SSSR count). The number of carbonyl (C=O) groups is 1. The molecule has 0 atom stereocenters. The summed E-state index contributed by atoms with van der Waals surface area (Å²) in [6.45, 7) is 0.953. The Morgan fingerprint density at radius 1 is 1.38 bits per heavy atom. The summed E-state index contributed by atoms with van der Waals surface area (Å²) in [6, 6.07) is 0. The van der Waals surface area contributed by atoms with E-state index in [2.05, 4.69) is 0 Å². The van der Waals surface area contributed by atoms with Crippen molar-refractivity contribution in [3.8, 4) is 0 Å². The first-order valence-electron chi connectivity index (χ1n) is 5.36. The largest absolute Gasteiger partial charge is 0.375 e. The van der Waals surface area contributed by atoms with Crippen molar-refractivity contribution in [3.05, 3.63) is 0 Å². The lowest BCUT2D eigenvalue weighted by Crippen LogP contribution is -2.45. The van der Waals surface area contributed by atoms with Crippen molar-refractivity contribution >= 4 is 6.29 Å². The first-order chi connectivity index (χ1) is 6.26. The summed E-state index contributed by atoms with van der Waals surface area (Å²) in [7, 11) is 0. The van der Waals surface area contributed by atoms with E-state index in [0.717, 1.165) is 31.8 Å². The lowest BCUT2D eigenvalue weighted by atomic mass is 9.59. The number of hydrogen-bond acceptors (Lipinski definition) is 2. The van der Waals surface area contributed by atoms with Gasteiger partial charge in [0.25, 0.3) is 0 Å². The molecule has 2 nitrogen and oxygen atoms in total. The molecule has 0 aromatic carbocycles. The molecule has 2 saturated carbocycles. The second-order valence-electron chi connectivity index (χ2n) is 5.28. The third kappa shape index (κ3) is 1.01. The molecule has 2 aliphatic carbocycles. The molecule has 0 unspecified atom stereocenters. The summed E-state index contributed by atoms with van der Waals surface area (Å²) in [5.74, 6) is 0.823. The van der Waals surface area contributed by atoms with Gasteiger partial charge in [-0.2, -0.15) is 0 Å². The van der Waals surface area contributed by atoms with E-state index in [1.165, 1.54) is 25.5 Å². The maximum atomic E-state index is 11.0. The number of hydrogen-bond donors (Lipinski definition) is 0. The van der Waals surface area contributed by atoms with Crippen molar-refractivity contribution in [2.75, 3.05) is 6.61 Å². The van der Waals surface area contributed by atoms with E-state index in [9.17, 15) is 4.79 Å². The Morgan fingerprint density at radius 2 is 2.15 bits per heavy atom. The first kappa shape index (κ1) is 7.98. The Labute approximate surface area is 78.6 Å². The van der Waals surface area contributed by atoms with Gasteiger partial charge < -0.3 is 9.53 Å². The van der Waals surface area contributed by atoms with E-state index in [0.29, 0.717) is 0 Å². The predicted molar refractivity (Wildman–Crippen MR) is 48.4 cm³/mol. The molecule has 0 aromatic rings. The van der Waals surface area contributed by atoms with Crippen molar-refractivity contribution in [1.29, 1.82) is 0 Å². The Balaban J connectivity index is 1.71. The van der Waals surface area contributed by atoms with Crippen LogP contribution >= 0.6 is 0 Å². The molecule has 2 heteroatoms. The van der Waals surface area contributed by atoms with Gasteiger partial charge >= 0.3 is 0 Å². The van der Waals surface area contributed by atoms with Crippen molar-refractivity contribution < 1.29 is 9.53 Å². The lowest BCUT2D eigenvalue weighted by Gasteiger charge is -2.46. The zero-order chi connectivity index (χ0) is 8.94. The minimum absolute atomic E-state index is 0.0231.